The summed E-state index contributed by atoms with van der Waals surface area (Å²) in [6, 6.07) is 0. The molecular formula is C13H24O5. The predicted octanol–water partition coefficient (Wildman–Crippen LogP) is 2.09. The maximum atomic E-state index is 11.8. The number of aliphatic carboxylic acids is 1. The van der Waals surface area contributed by atoms with E-state index in [1.54, 1.807) is 13.8 Å². The van der Waals surface area contributed by atoms with Gasteiger partial charge in [0.25, 0.3) is 0 Å². The molecule has 0 bridgehead atoms. The number of esters is 1. The first-order valence-electron chi connectivity index (χ1n) is 6.39. The molecule has 18 heavy (non-hydrogen) atoms. The van der Waals surface area contributed by atoms with Gasteiger partial charge in [0.1, 0.15) is 0 Å². The molecule has 0 aliphatic rings. The van der Waals surface area contributed by atoms with Gasteiger partial charge in [0.2, 0.25) is 0 Å². The lowest BCUT2D eigenvalue weighted by Gasteiger charge is -2.25. The summed E-state index contributed by atoms with van der Waals surface area (Å²) in [7, 11) is 0. The fourth-order valence-corrected chi connectivity index (χ4v) is 1.60. The van der Waals surface area contributed by atoms with Crippen LogP contribution >= 0.6 is 0 Å². The Bertz CT molecular complexity index is 275. The molecule has 0 aliphatic carbocycles. The van der Waals surface area contributed by atoms with Crippen LogP contribution in [0, 0.1) is 11.3 Å². The van der Waals surface area contributed by atoms with Gasteiger partial charge < -0.3 is 14.6 Å². The second-order valence-electron chi connectivity index (χ2n) is 4.68. The summed E-state index contributed by atoms with van der Waals surface area (Å²) in [6.07, 6.45) is 0.344. The number of rotatable bonds is 9. The molecule has 0 fully saturated rings. The average molecular weight is 260 g/mol. The zero-order valence-corrected chi connectivity index (χ0v) is 11.7. The van der Waals surface area contributed by atoms with Crippen molar-refractivity contribution in [1.29, 1.82) is 0 Å². The van der Waals surface area contributed by atoms with Crippen molar-refractivity contribution in [3.8, 4) is 0 Å². The van der Waals surface area contributed by atoms with E-state index in [1.807, 2.05) is 13.8 Å². The van der Waals surface area contributed by atoms with Crippen molar-refractivity contribution in [3.63, 3.8) is 0 Å². The van der Waals surface area contributed by atoms with Gasteiger partial charge in [-0.3, -0.25) is 9.59 Å². The number of hydrogen-bond donors (Lipinski definition) is 1. The summed E-state index contributed by atoms with van der Waals surface area (Å²) < 4.78 is 10.2. The molecule has 0 aliphatic heterocycles. The van der Waals surface area contributed by atoms with E-state index in [-0.39, 0.29) is 26.1 Å². The number of carbonyl (C=O) groups excluding carboxylic acids is 1. The van der Waals surface area contributed by atoms with Crippen LogP contribution in [0.5, 0.6) is 0 Å². The number of carboxylic acid groups (broad SMARTS) is 1. The van der Waals surface area contributed by atoms with Crippen molar-refractivity contribution in [2.45, 2.75) is 40.5 Å². The predicted molar refractivity (Wildman–Crippen MR) is 67.3 cm³/mol. The summed E-state index contributed by atoms with van der Waals surface area (Å²) >= 11 is 0. The molecule has 0 radical (unpaired) electrons. The quantitative estimate of drug-likeness (QED) is 0.390. The van der Waals surface area contributed by atoms with Crippen molar-refractivity contribution < 1.29 is 24.2 Å². The zero-order chi connectivity index (χ0) is 14.2. The van der Waals surface area contributed by atoms with E-state index in [9.17, 15) is 14.7 Å². The first kappa shape index (κ1) is 16.9. The van der Waals surface area contributed by atoms with Gasteiger partial charge in [-0.1, -0.05) is 20.8 Å². The molecule has 0 aromatic rings. The molecule has 0 saturated carbocycles. The molecule has 1 unspecified atom stereocenters. The van der Waals surface area contributed by atoms with Crippen molar-refractivity contribution >= 4 is 11.9 Å². The SMILES string of the molecule is CCOC(=O)C(CC)(CCOCC(C)C)C(=O)O. The van der Waals surface area contributed by atoms with Crippen LogP contribution in [0.4, 0.5) is 0 Å². The first-order chi connectivity index (χ1) is 8.40. The Morgan fingerprint density at radius 2 is 1.89 bits per heavy atom. The van der Waals surface area contributed by atoms with Crippen LogP contribution in [0.2, 0.25) is 0 Å². The van der Waals surface area contributed by atoms with E-state index in [1.165, 1.54) is 0 Å². The monoisotopic (exact) mass is 260 g/mol. The molecule has 1 N–H and O–H groups in total. The van der Waals surface area contributed by atoms with Gasteiger partial charge in [-0.05, 0) is 25.7 Å². The molecule has 0 amide bonds. The third-order valence-electron chi connectivity index (χ3n) is 2.80. The molecule has 0 aromatic carbocycles. The van der Waals surface area contributed by atoms with Crippen LogP contribution in [0.1, 0.15) is 40.5 Å². The van der Waals surface area contributed by atoms with Crippen LogP contribution in [-0.2, 0) is 19.1 Å². The van der Waals surface area contributed by atoms with Crippen molar-refractivity contribution in [2.75, 3.05) is 19.8 Å². The highest BCUT2D eigenvalue weighted by Gasteiger charge is 2.45. The van der Waals surface area contributed by atoms with Crippen LogP contribution < -0.4 is 0 Å². The molecule has 0 aromatic heterocycles. The van der Waals surface area contributed by atoms with Gasteiger partial charge in [-0.15, -0.1) is 0 Å². The maximum absolute atomic E-state index is 11.8. The summed E-state index contributed by atoms with van der Waals surface area (Å²) in [5, 5.41) is 9.27. The van der Waals surface area contributed by atoms with Crippen LogP contribution in [0.25, 0.3) is 0 Å². The van der Waals surface area contributed by atoms with E-state index in [0.717, 1.165) is 0 Å². The molecule has 0 saturated heterocycles. The van der Waals surface area contributed by atoms with Gasteiger partial charge in [-0.2, -0.15) is 0 Å². The molecule has 0 rings (SSSR count). The summed E-state index contributed by atoms with van der Waals surface area (Å²) in [4.78, 5) is 23.1. The van der Waals surface area contributed by atoms with Crippen LogP contribution in [0.3, 0.4) is 0 Å². The third kappa shape index (κ3) is 4.64. The molecule has 106 valence electrons. The van der Waals surface area contributed by atoms with Crippen molar-refractivity contribution in [3.05, 3.63) is 0 Å². The van der Waals surface area contributed by atoms with Gasteiger partial charge in [-0.25, -0.2) is 0 Å². The second-order valence-corrected chi connectivity index (χ2v) is 4.68. The number of carbonyl (C=O) groups is 2. The zero-order valence-electron chi connectivity index (χ0n) is 11.7. The Balaban J connectivity index is 4.57. The molecule has 0 spiro atoms. The number of carboxylic acids is 1. The highest BCUT2D eigenvalue weighted by molar-refractivity contribution is 5.99. The van der Waals surface area contributed by atoms with Gasteiger partial charge in [0.05, 0.1) is 6.61 Å². The fourth-order valence-electron chi connectivity index (χ4n) is 1.60. The largest absolute Gasteiger partial charge is 0.480 e. The van der Waals surface area contributed by atoms with Gasteiger partial charge >= 0.3 is 11.9 Å². The van der Waals surface area contributed by atoms with Gasteiger partial charge in [0.15, 0.2) is 5.41 Å². The number of hydrogen-bond acceptors (Lipinski definition) is 4. The van der Waals surface area contributed by atoms with E-state index < -0.39 is 17.4 Å². The summed E-state index contributed by atoms with van der Waals surface area (Å²) in [6.45, 7) is 8.34. The van der Waals surface area contributed by atoms with Crippen LogP contribution in [-0.4, -0.2) is 36.9 Å². The Morgan fingerprint density at radius 1 is 1.28 bits per heavy atom. The standard InChI is InChI=1S/C13H24O5/c1-5-13(11(14)15,12(16)18-6-2)7-8-17-9-10(3)4/h10H,5-9H2,1-4H3,(H,14,15). The van der Waals surface area contributed by atoms with Gasteiger partial charge in [0, 0.05) is 13.2 Å². The molecule has 0 heterocycles. The second kappa shape index (κ2) is 8.08. The minimum atomic E-state index is -1.48. The lowest BCUT2D eigenvalue weighted by molar-refractivity contribution is -0.170. The summed E-state index contributed by atoms with van der Waals surface area (Å²) in [5.74, 6) is -1.43. The Kier molecular flexibility index (Phi) is 7.59. The van der Waals surface area contributed by atoms with E-state index in [4.69, 9.17) is 9.47 Å². The minimum absolute atomic E-state index is 0.143. The third-order valence-corrected chi connectivity index (χ3v) is 2.80. The lowest BCUT2D eigenvalue weighted by atomic mass is 9.82. The number of ether oxygens (including phenoxy) is 2. The average Bonchev–Trinajstić information content (AvgIpc) is 2.29. The normalized spacial score (nSPS) is 14.3. The Labute approximate surface area is 108 Å². The summed E-state index contributed by atoms with van der Waals surface area (Å²) in [5.41, 5.74) is -1.48. The van der Waals surface area contributed by atoms with Crippen LogP contribution in [0.15, 0.2) is 0 Å². The molecule has 5 nitrogen and oxygen atoms in total. The highest BCUT2D eigenvalue weighted by Crippen LogP contribution is 2.29. The lowest BCUT2D eigenvalue weighted by Crippen LogP contribution is -2.41. The Hall–Kier alpha value is -1.10. The minimum Gasteiger partial charge on any atom is -0.480 e. The smallest absolute Gasteiger partial charge is 0.323 e. The molecule has 1 atom stereocenters. The van der Waals surface area contributed by atoms with Crippen molar-refractivity contribution in [2.24, 2.45) is 11.3 Å². The van der Waals surface area contributed by atoms with E-state index in [0.29, 0.717) is 12.5 Å². The topological polar surface area (TPSA) is 72.8 Å². The maximum Gasteiger partial charge on any atom is 0.323 e. The highest BCUT2D eigenvalue weighted by atomic mass is 16.5. The van der Waals surface area contributed by atoms with E-state index >= 15 is 0 Å². The fraction of sp³-hybridized carbons (Fsp3) is 0.846. The van der Waals surface area contributed by atoms with Crippen molar-refractivity contribution in [1.82, 2.24) is 0 Å². The molecular weight excluding hydrogens is 236 g/mol. The Morgan fingerprint density at radius 3 is 2.28 bits per heavy atom. The van der Waals surface area contributed by atoms with E-state index in [2.05, 4.69) is 0 Å². The first-order valence-corrected chi connectivity index (χ1v) is 6.39. The molecule has 5 heteroatoms.